The molecule has 0 aliphatic heterocycles. The Labute approximate surface area is 208 Å². The molecule has 186 valence electrons. The van der Waals surface area contributed by atoms with Crippen LogP contribution in [0.15, 0.2) is 48.5 Å². The van der Waals surface area contributed by atoms with E-state index < -0.39 is 16.1 Å². The lowest BCUT2D eigenvalue weighted by Crippen LogP contribution is -2.49. The molecule has 1 unspecified atom stereocenters. The van der Waals surface area contributed by atoms with Crippen LogP contribution in [0.1, 0.15) is 44.2 Å². The Balaban J connectivity index is 2.20. The van der Waals surface area contributed by atoms with Crippen molar-refractivity contribution < 1.29 is 18.0 Å². The van der Waals surface area contributed by atoms with Crippen LogP contribution in [-0.4, -0.2) is 50.5 Å². The lowest BCUT2D eigenvalue weighted by atomic mass is 10.1. The maximum atomic E-state index is 13.3. The molecule has 0 aromatic heterocycles. The zero-order valence-corrected chi connectivity index (χ0v) is 21.8. The topological polar surface area (TPSA) is 86.8 Å². The Morgan fingerprint density at radius 2 is 1.71 bits per heavy atom. The van der Waals surface area contributed by atoms with Crippen LogP contribution in [0.25, 0.3) is 0 Å². The van der Waals surface area contributed by atoms with Crippen molar-refractivity contribution in [2.24, 2.45) is 0 Å². The molecule has 0 bridgehead atoms. The number of nitrogens with zero attached hydrogens (tertiary/aromatic N) is 2. The van der Waals surface area contributed by atoms with Crippen LogP contribution >= 0.6 is 11.6 Å². The van der Waals surface area contributed by atoms with E-state index in [0.29, 0.717) is 30.1 Å². The lowest BCUT2D eigenvalue weighted by Gasteiger charge is -2.31. The minimum Gasteiger partial charge on any atom is -0.355 e. The molecule has 0 aliphatic rings. The average molecular weight is 508 g/mol. The molecule has 2 amide bonds. The smallest absolute Gasteiger partial charge is 0.242 e. The highest BCUT2D eigenvalue weighted by molar-refractivity contribution is 7.92. The van der Waals surface area contributed by atoms with Crippen LogP contribution in [-0.2, 0) is 26.2 Å². The second-order valence-electron chi connectivity index (χ2n) is 8.19. The second-order valence-corrected chi connectivity index (χ2v) is 10.5. The second kappa shape index (κ2) is 12.8. The Kier molecular flexibility index (Phi) is 10.4. The van der Waals surface area contributed by atoms with Gasteiger partial charge in [0.25, 0.3) is 0 Å². The number of carbonyl (C=O) groups excluding carboxylic acids is 2. The summed E-state index contributed by atoms with van der Waals surface area (Å²) in [7, 11) is -3.52. The third kappa shape index (κ3) is 7.74. The van der Waals surface area contributed by atoms with Crippen LogP contribution in [0.5, 0.6) is 0 Å². The number of carbonyl (C=O) groups is 2. The summed E-state index contributed by atoms with van der Waals surface area (Å²) < 4.78 is 26.2. The number of hydrogen-bond donors (Lipinski definition) is 1. The van der Waals surface area contributed by atoms with Crippen molar-refractivity contribution in [2.45, 2.75) is 52.6 Å². The number of hydrogen-bond acceptors (Lipinski definition) is 4. The summed E-state index contributed by atoms with van der Waals surface area (Å²) >= 11 is 5.99. The first-order valence-electron chi connectivity index (χ1n) is 11.4. The summed E-state index contributed by atoms with van der Waals surface area (Å²) in [6, 6.07) is 13.8. The number of sulfonamides is 1. The molecule has 0 aliphatic carbocycles. The fourth-order valence-electron chi connectivity index (χ4n) is 3.82. The fourth-order valence-corrected chi connectivity index (χ4v) is 4.97. The van der Waals surface area contributed by atoms with Gasteiger partial charge in [0.05, 0.1) is 11.9 Å². The average Bonchev–Trinajstić information content (AvgIpc) is 2.78. The third-order valence-electron chi connectivity index (χ3n) is 5.54. The monoisotopic (exact) mass is 507 g/mol. The van der Waals surface area contributed by atoms with Crippen molar-refractivity contribution in [2.75, 3.05) is 23.7 Å². The van der Waals surface area contributed by atoms with E-state index in [1.165, 1.54) is 4.31 Å². The first-order valence-corrected chi connectivity index (χ1v) is 13.7. The van der Waals surface area contributed by atoms with Gasteiger partial charge in [0.1, 0.15) is 6.04 Å². The van der Waals surface area contributed by atoms with E-state index in [1.54, 1.807) is 29.2 Å². The Morgan fingerprint density at radius 3 is 2.26 bits per heavy atom. The molecular weight excluding hydrogens is 474 g/mol. The molecule has 0 radical (unpaired) electrons. The van der Waals surface area contributed by atoms with Gasteiger partial charge in [0, 0.05) is 31.1 Å². The number of amides is 2. The summed E-state index contributed by atoms with van der Waals surface area (Å²) in [5.41, 5.74) is 2.30. The highest BCUT2D eigenvalue weighted by atomic mass is 35.5. The van der Waals surface area contributed by atoms with Crippen molar-refractivity contribution in [3.05, 3.63) is 64.7 Å². The van der Waals surface area contributed by atoms with Gasteiger partial charge in [0.15, 0.2) is 0 Å². The number of nitrogens with one attached hydrogen (secondary N) is 1. The molecule has 7 nitrogen and oxygen atoms in total. The summed E-state index contributed by atoms with van der Waals surface area (Å²) in [4.78, 5) is 27.6. The normalized spacial score (nSPS) is 12.1. The SMILES string of the molecule is CCNC(=O)C(CC)N(Cc1ccc(Cl)cc1)C(=O)CCCN(c1ccccc1C)S(C)(=O)=O. The molecule has 0 fully saturated rings. The van der Waals surface area contributed by atoms with Crippen LogP contribution in [0.3, 0.4) is 0 Å². The Hall–Kier alpha value is -2.58. The highest BCUT2D eigenvalue weighted by Crippen LogP contribution is 2.23. The third-order valence-corrected chi connectivity index (χ3v) is 6.97. The van der Waals surface area contributed by atoms with Crippen molar-refractivity contribution in [1.82, 2.24) is 10.2 Å². The first kappa shape index (κ1) is 27.7. The summed E-state index contributed by atoms with van der Waals surface area (Å²) in [5.74, 6) is -0.406. The quantitative estimate of drug-likeness (QED) is 0.467. The fraction of sp³-hybridized carbons (Fsp3) is 0.440. The first-order chi connectivity index (χ1) is 16.1. The minimum atomic E-state index is -3.52. The van der Waals surface area contributed by atoms with E-state index in [0.717, 1.165) is 17.4 Å². The van der Waals surface area contributed by atoms with Gasteiger partial charge in [-0.05, 0) is 56.0 Å². The van der Waals surface area contributed by atoms with Gasteiger partial charge >= 0.3 is 0 Å². The van der Waals surface area contributed by atoms with Crippen molar-refractivity contribution in [3.8, 4) is 0 Å². The van der Waals surface area contributed by atoms with Gasteiger partial charge in [0.2, 0.25) is 21.8 Å². The molecule has 0 spiro atoms. The van der Waals surface area contributed by atoms with Crippen LogP contribution in [0.2, 0.25) is 5.02 Å². The van der Waals surface area contributed by atoms with Gasteiger partial charge in [-0.2, -0.15) is 0 Å². The number of halogens is 1. The van der Waals surface area contributed by atoms with Crippen LogP contribution in [0, 0.1) is 6.92 Å². The molecule has 9 heteroatoms. The van der Waals surface area contributed by atoms with E-state index in [4.69, 9.17) is 11.6 Å². The van der Waals surface area contributed by atoms with Gasteiger partial charge in [-0.3, -0.25) is 13.9 Å². The standard InChI is InChI=1S/C25H34ClN3O4S/c1-5-22(25(31)27-6-2)28(18-20-13-15-21(26)16-14-20)24(30)12-9-17-29(34(4,32)33)23-11-8-7-10-19(23)3/h7-8,10-11,13-16,22H,5-6,9,12,17-18H2,1-4H3,(H,27,31). The number of para-hydroxylation sites is 1. The number of rotatable bonds is 12. The van der Waals surface area contributed by atoms with Gasteiger partial charge in [-0.15, -0.1) is 0 Å². The van der Waals surface area contributed by atoms with E-state index in [2.05, 4.69) is 5.32 Å². The maximum absolute atomic E-state index is 13.3. The van der Waals surface area contributed by atoms with Crippen molar-refractivity contribution in [3.63, 3.8) is 0 Å². The molecule has 34 heavy (non-hydrogen) atoms. The molecule has 0 saturated heterocycles. The zero-order valence-electron chi connectivity index (χ0n) is 20.3. The largest absolute Gasteiger partial charge is 0.355 e. The molecule has 0 saturated carbocycles. The molecule has 2 aromatic carbocycles. The number of aryl methyl sites for hydroxylation is 1. The number of likely N-dealkylation sites (N-methyl/N-ethyl adjacent to an activating group) is 1. The summed E-state index contributed by atoms with van der Waals surface area (Å²) in [6.45, 7) is 6.46. The molecule has 0 heterocycles. The Bertz CT molecular complexity index is 1070. The predicted molar refractivity (Wildman–Crippen MR) is 137 cm³/mol. The highest BCUT2D eigenvalue weighted by Gasteiger charge is 2.28. The maximum Gasteiger partial charge on any atom is 0.242 e. The van der Waals surface area contributed by atoms with Crippen LogP contribution < -0.4 is 9.62 Å². The predicted octanol–water partition coefficient (Wildman–Crippen LogP) is 4.14. The molecule has 2 rings (SSSR count). The minimum absolute atomic E-state index is 0.112. The van der Waals surface area contributed by atoms with Gasteiger partial charge in [-0.25, -0.2) is 8.42 Å². The van der Waals surface area contributed by atoms with E-state index in [9.17, 15) is 18.0 Å². The van der Waals surface area contributed by atoms with Gasteiger partial charge in [-0.1, -0.05) is 48.9 Å². The van der Waals surface area contributed by atoms with E-state index in [-0.39, 0.29) is 31.3 Å². The number of anilines is 1. The zero-order chi connectivity index (χ0) is 25.3. The molecule has 1 atom stereocenters. The summed E-state index contributed by atoms with van der Waals surface area (Å²) in [6.07, 6.45) is 2.06. The van der Waals surface area contributed by atoms with E-state index in [1.807, 2.05) is 45.0 Å². The van der Waals surface area contributed by atoms with Gasteiger partial charge < -0.3 is 10.2 Å². The number of benzene rings is 2. The van der Waals surface area contributed by atoms with Crippen molar-refractivity contribution >= 4 is 39.1 Å². The van der Waals surface area contributed by atoms with E-state index >= 15 is 0 Å². The van der Waals surface area contributed by atoms with Crippen LogP contribution in [0.4, 0.5) is 5.69 Å². The molecule has 1 N–H and O–H groups in total. The Morgan fingerprint density at radius 1 is 1.06 bits per heavy atom. The van der Waals surface area contributed by atoms with Crippen molar-refractivity contribution in [1.29, 1.82) is 0 Å². The summed E-state index contributed by atoms with van der Waals surface area (Å²) in [5, 5.41) is 3.40. The molecule has 2 aromatic rings. The molecular formula is C25H34ClN3O4S. The lowest BCUT2D eigenvalue weighted by molar-refractivity contribution is -0.141.